The lowest BCUT2D eigenvalue weighted by molar-refractivity contribution is -0.144. The molecule has 0 bridgehead atoms. The first-order chi connectivity index (χ1) is 17.1. The van der Waals surface area contributed by atoms with Crippen LogP contribution >= 0.6 is 11.8 Å². The Morgan fingerprint density at radius 3 is 2.58 bits per heavy atom. The summed E-state index contributed by atoms with van der Waals surface area (Å²) in [6, 6.07) is 10.1. The van der Waals surface area contributed by atoms with Gasteiger partial charge in [0.1, 0.15) is 35.8 Å². The van der Waals surface area contributed by atoms with Gasteiger partial charge in [-0.25, -0.2) is 4.98 Å². The van der Waals surface area contributed by atoms with Crippen molar-refractivity contribution in [2.75, 3.05) is 18.6 Å². The number of nitrogens with zero attached hydrogens (tertiary/aromatic N) is 3. The van der Waals surface area contributed by atoms with Crippen LogP contribution in [0.2, 0.25) is 0 Å². The summed E-state index contributed by atoms with van der Waals surface area (Å²) < 4.78 is 26.5. The largest absolute Gasteiger partial charge is 0.470 e. The minimum absolute atomic E-state index is 0.00980. The zero-order chi connectivity index (χ0) is 25.8. The summed E-state index contributed by atoms with van der Waals surface area (Å²) in [4.78, 5) is 9.06. The molecule has 2 aromatic heterocycles. The van der Waals surface area contributed by atoms with Gasteiger partial charge in [-0.15, -0.1) is 0 Å². The Morgan fingerprint density at radius 1 is 1.11 bits per heavy atom. The van der Waals surface area contributed by atoms with Crippen LogP contribution in [0.3, 0.4) is 0 Å². The average Bonchev–Trinajstić information content (AvgIpc) is 3.31. The first-order valence-corrected chi connectivity index (χ1v) is 13.7. The van der Waals surface area contributed by atoms with Crippen LogP contribution in [0.25, 0.3) is 11.0 Å². The topological polar surface area (TPSA) is 79.7 Å². The minimum Gasteiger partial charge on any atom is -0.470 e. The maximum absolute atomic E-state index is 6.20. The number of rotatable bonds is 11. The molecule has 36 heavy (non-hydrogen) atoms. The summed E-state index contributed by atoms with van der Waals surface area (Å²) in [5.41, 5.74) is 3.47. The van der Waals surface area contributed by atoms with Crippen LogP contribution in [0.1, 0.15) is 45.7 Å². The summed E-state index contributed by atoms with van der Waals surface area (Å²) in [5, 5.41) is 3.56. The highest BCUT2D eigenvalue weighted by Gasteiger charge is 2.40. The second-order valence-corrected chi connectivity index (χ2v) is 11.4. The molecule has 1 fully saturated rings. The molecule has 1 aliphatic rings. The van der Waals surface area contributed by atoms with E-state index in [4.69, 9.17) is 18.9 Å². The number of benzene rings is 1. The predicted molar refractivity (Wildman–Crippen MR) is 143 cm³/mol. The van der Waals surface area contributed by atoms with E-state index in [0.717, 1.165) is 27.9 Å². The van der Waals surface area contributed by atoms with Crippen molar-refractivity contribution in [2.45, 2.75) is 78.1 Å². The normalized spacial score (nSPS) is 19.7. The number of fused-ring (bicyclic) bond motifs is 1. The van der Waals surface area contributed by atoms with E-state index in [9.17, 15) is 0 Å². The van der Waals surface area contributed by atoms with Crippen LogP contribution < -0.4 is 10.1 Å². The van der Waals surface area contributed by atoms with Gasteiger partial charge in [0.2, 0.25) is 5.88 Å². The Hall–Kier alpha value is -2.17. The quantitative estimate of drug-likeness (QED) is 0.393. The van der Waals surface area contributed by atoms with Gasteiger partial charge in [-0.2, -0.15) is 16.7 Å². The highest BCUT2D eigenvalue weighted by Crippen LogP contribution is 2.31. The minimum atomic E-state index is -0.564. The fourth-order valence-electron chi connectivity index (χ4n) is 4.34. The fourth-order valence-corrected chi connectivity index (χ4v) is 4.95. The van der Waals surface area contributed by atoms with E-state index in [1.165, 1.54) is 0 Å². The van der Waals surface area contributed by atoms with Crippen LogP contribution in [0.15, 0.2) is 42.9 Å². The van der Waals surface area contributed by atoms with Crippen LogP contribution in [-0.2, 0) is 34.1 Å². The predicted octanol–water partition coefficient (Wildman–Crippen LogP) is 4.76. The van der Waals surface area contributed by atoms with Gasteiger partial charge in [0.05, 0.1) is 12.7 Å². The lowest BCUT2D eigenvalue weighted by Gasteiger charge is -2.21. The average molecular weight is 515 g/mol. The van der Waals surface area contributed by atoms with E-state index < -0.39 is 11.4 Å². The highest BCUT2D eigenvalue weighted by atomic mass is 32.2. The van der Waals surface area contributed by atoms with Crippen LogP contribution in [0, 0.1) is 0 Å². The molecule has 196 valence electrons. The second kappa shape index (κ2) is 11.5. The molecule has 0 spiro atoms. The molecule has 1 N–H and O–H groups in total. The Bertz CT molecular complexity index is 1130. The molecule has 3 heterocycles. The lowest BCUT2D eigenvalue weighted by Crippen LogP contribution is -2.35. The van der Waals surface area contributed by atoms with Crippen molar-refractivity contribution in [1.82, 2.24) is 19.9 Å². The molecule has 9 heteroatoms. The van der Waals surface area contributed by atoms with Gasteiger partial charge < -0.3 is 28.8 Å². The van der Waals surface area contributed by atoms with E-state index in [1.54, 1.807) is 18.1 Å². The Kier molecular flexibility index (Phi) is 8.57. The van der Waals surface area contributed by atoms with Gasteiger partial charge in [-0.3, -0.25) is 0 Å². The van der Waals surface area contributed by atoms with Gasteiger partial charge in [0, 0.05) is 30.6 Å². The van der Waals surface area contributed by atoms with E-state index in [0.29, 0.717) is 32.3 Å². The number of hydrogen-bond donors (Lipinski definition) is 1. The highest BCUT2D eigenvalue weighted by molar-refractivity contribution is 7.98. The summed E-state index contributed by atoms with van der Waals surface area (Å²) in [6.07, 6.45) is 5.77. The zero-order valence-corrected chi connectivity index (χ0v) is 22.9. The van der Waals surface area contributed by atoms with Crippen molar-refractivity contribution in [3.63, 3.8) is 0 Å². The first kappa shape index (κ1) is 26.9. The Balaban J connectivity index is 1.51. The molecule has 1 saturated heterocycles. The van der Waals surface area contributed by atoms with Gasteiger partial charge in [0.25, 0.3) is 0 Å². The number of thioether (sulfide) groups is 1. The van der Waals surface area contributed by atoms with Gasteiger partial charge in [-0.1, -0.05) is 30.3 Å². The third-order valence-corrected chi connectivity index (χ3v) is 6.38. The molecule has 4 rings (SSSR count). The zero-order valence-electron chi connectivity index (χ0n) is 22.1. The summed E-state index contributed by atoms with van der Waals surface area (Å²) in [7, 11) is 0. The number of ether oxygens (including phenoxy) is 4. The molecule has 3 aromatic rings. The van der Waals surface area contributed by atoms with Crippen molar-refractivity contribution < 1.29 is 18.9 Å². The van der Waals surface area contributed by atoms with Gasteiger partial charge >= 0.3 is 0 Å². The number of nitrogens with one attached hydrogen (secondary N) is 1. The standard InChI is InChI=1S/C27H38N4O4S/c1-26(2,3)35-25-24-23(29-17-30-25)20(14-31(24)18-32-15-19-10-8-7-9-11-19)12-28-13-21-22(16-36-6)34-27(4,5)33-21/h7-11,14,17,21-22,28H,12-13,15-16,18H2,1-6H3/t21-,22-/m0/s1. The fraction of sp³-hybridized carbons (Fsp3) is 0.556. The van der Waals surface area contributed by atoms with E-state index in [-0.39, 0.29) is 12.2 Å². The van der Waals surface area contributed by atoms with E-state index in [1.807, 2.05) is 57.4 Å². The molecule has 8 nitrogen and oxygen atoms in total. The first-order valence-electron chi connectivity index (χ1n) is 12.3. The third kappa shape index (κ3) is 6.98. The smallest absolute Gasteiger partial charge is 0.242 e. The monoisotopic (exact) mass is 514 g/mol. The molecule has 1 aromatic carbocycles. The summed E-state index contributed by atoms with van der Waals surface area (Å²) >= 11 is 1.77. The van der Waals surface area contributed by atoms with Crippen LogP contribution in [0.5, 0.6) is 5.88 Å². The molecule has 0 aliphatic carbocycles. The number of aromatic nitrogens is 3. The maximum atomic E-state index is 6.20. The van der Waals surface area contributed by atoms with E-state index in [2.05, 4.69) is 39.9 Å². The van der Waals surface area contributed by atoms with Crippen LogP contribution in [0.4, 0.5) is 0 Å². The summed E-state index contributed by atoms with van der Waals surface area (Å²) in [6.45, 7) is 12.2. The third-order valence-electron chi connectivity index (χ3n) is 5.71. The second-order valence-electron chi connectivity index (χ2n) is 10.5. The van der Waals surface area contributed by atoms with Crippen molar-refractivity contribution in [3.8, 4) is 5.88 Å². The van der Waals surface area contributed by atoms with Crippen molar-refractivity contribution in [3.05, 3.63) is 54.0 Å². The van der Waals surface area contributed by atoms with E-state index >= 15 is 0 Å². The summed E-state index contributed by atoms with van der Waals surface area (Å²) in [5.74, 6) is 0.885. The molecule has 1 aliphatic heterocycles. The molecule has 2 atom stereocenters. The van der Waals surface area contributed by atoms with Gasteiger partial charge in [0.15, 0.2) is 5.79 Å². The van der Waals surface area contributed by atoms with Crippen molar-refractivity contribution >= 4 is 22.8 Å². The molecule has 0 amide bonds. The molecule has 0 radical (unpaired) electrons. The maximum Gasteiger partial charge on any atom is 0.242 e. The molecule has 0 saturated carbocycles. The van der Waals surface area contributed by atoms with Crippen molar-refractivity contribution in [1.29, 1.82) is 0 Å². The molecule has 0 unspecified atom stereocenters. The Labute approximate surface area is 218 Å². The van der Waals surface area contributed by atoms with Crippen molar-refractivity contribution in [2.24, 2.45) is 0 Å². The molecular weight excluding hydrogens is 476 g/mol. The SMILES string of the molecule is CSC[C@@H]1OC(C)(C)O[C@H]1CNCc1cn(COCc2ccccc2)c2c(OC(C)(C)C)ncnc12. The van der Waals surface area contributed by atoms with Crippen LogP contribution in [-0.4, -0.2) is 56.7 Å². The molecular formula is C27H38N4O4S. The lowest BCUT2D eigenvalue weighted by atomic mass is 10.2. The van der Waals surface area contributed by atoms with Gasteiger partial charge in [-0.05, 0) is 46.4 Å². The number of hydrogen-bond acceptors (Lipinski definition) is 8. The Morgan fingerprint density at radius 2 is 1.86 bits per heavy atom.